The van der Waals surface area contributed by atoms with Gasteiger partial charge in [0.2, 0.25) is 0 Å². The molecule has 2 heteroatoms. The highest BCUT2D eigenvalue weighted by atomic mass is 16.1. The second-order valence-electron chi connectivity index (χ2n) is 3.44. The van der Waals surface area contributed by atoms with E-state index in [-0.39, 0.29) is 5.78 Å². The minimum atomic E-state index is 0.285. The first-order chi connectivity index (χ1) is 6.29. The van der Waals surface area contributed by atoms with Crippen molar-refractivity contribution in [1.82, 2.24) is 4.57 Å². The number of allylic oxidation sites excluding steroid dienone is 2. The summed E-state index contributed by atoms with van der Waals surface area (Å²) in [4.78, 5) is 11.6. The maximum atomic E-state index is 11.6. The SMILES string of the molecule is Cn1cccc1C1=CCCCC1=O. The predicted molar refractivity (Wildman–Crippen MR) is 52.2 cm³/mol. The van der Waals surface area contributed by atoms with Crippen LogP contribution in [0.5, 0.6) is 0 Å². The number of carbonyl (C=O) groups is 1. The van der Waals surface area contributed by atoms with E-state index in [1.165, 1.54) is 0 Å². The van der Waals surface area contributed by atoms with Crippen molar-refractivity contribution in [3.8, 4) is 0 Å². The van der Waals surface area contributed by atoms with Gasteiger partial charge in [0.25, 0.3) is 0 Å². The molecule has 0 spiro atoms. The van der Waals surface area contributed by atoms with Crippen LogP contribution in [-0.2, 0) is 11.8 Å². The molecule has 2 rings (SSSR count). The van der Waals surface area contributed by atoms with Crippen LogP contribution in [0.15, 0.2) is 24.4 Å². The first-order valence-electron chi connectivity index (χ1n) is 4.64. The number of rotatable bonds is 1. The number of aryl methyl sites for hydroxylation is 1. The molecule has 1 aliphatic carbocycles. The zero-order valence-corrected chi connectivity index (χ0v) is 7.79. The summed E-state index contributed by atoms with van der Waals surface area (Å²) in [5.41, 5.74) is 1.95. The molecule has 0 atom stereocenters. The number of hydrogen-bond acceptors (Lipinski definition) is 1. The smallest absolute Gasteiger partial charge is 0.164 e. The van der Waals surface area contributed by atoms with Crippen molar-refractivity contribution >= 4 is 11.4 Å². The highest BCUT2D eigenvalue weighted by molar-refractivity contribution is 6.20. The Labute approximate surface area is 77.9 Å². The van der Waals surface area contributed by atoms with Crippen LogP contribution >= 0.6 is 0 Å². The second-order valence-corrected chi connectivity index (χ2v) is 3.44. The van der Waals surface area contributed by atoms with Gasteiger partial charge < -0.3 is 4.57 Å². The predicted octanol–water partition coefficient (Wildman–Crippen LogP) is 2.16. The van der Waals surface area contributed by atoms with E-state index in [9.17, 15) is 4.79 Å². The summed E-state index contributed by atoms with van der Waals surface area (Å²) in [6.07, 6.45) is 6.77. The van der Waals surface area contributed by atoms with Gasteiger partial charge >= 0.3 is 0 Å². The quantitative estimate of drug-likeness (QED) is 0.641. The number of carbonyl (C=O) groups excluding carboxylic acids is 1. The fourth-order valence-electron chi connectivity index (χ4n) is 1.75. The van der Waals surface area contributed by atoms with E-state index in [1.807, 2.05) is 29.9 Å². The molecule has 0 N–H and O–H groups in total. The number of aromatic nitrogens is 1. The first-order valence-corrected chi connectivity index (χ1v) is 4.64. The molecule has 1 heterocycles. The van der Waals surface area contributed by atoms with E-state index in [0.29, 0.717) is 6.42 Å². The Morgan fingerprint density at radius 1 is 1.46 bits per heavy atom. The van der Waals surface area contributed by atoms with Crippen LogP contribution in [0, 0.1) is 0 Å². The van der Waals surface area contributed by atoms with Crippen LogP contribution in [-0.4, -0.2) is 10.4 Å². The molecule has 0 radical (unpaired) electrons. The molecule has 0 amide bonds. The fraction of sp³-hybridized carbons (Fsp3) is 0.364. The third-order valence-corrected chi connectivity index (χ3v) is 2.48. The lowest BCUT2D eigenvalue weighted by atomic mass is 9.96. The van der Waals surface area contributed by atoms with Gasteiger partial charge in [-0.1, -0.05) is 6.08 Å². The van der Waals surface area contributed by atoms with Gasteiger partial charge in [-0.2, -0.15) is 0 Å². The van der Waals surface area contributed by atoms with Crippen molar-refractivity contribution in [2.24, 2.45) is 7.05 Å². The molecule has 0 aromatic carbocycles. The molecule has 2 nitrogen and oxygen atoms in total. The van der Waals surface area contributed by atoms with Crippen LogP contribution < -0.4 is 0 Å². The molecule has 13 heavy (non-hydrogen) atoms. The fourth-order valence-corrected chi connectivity index (χ4v) is 1.75. The lowest BCUT2D eigenvalue weighted by molar-refractivity contribution is -0.114. The number of nitrogens with zero attached hydrogens (tertiary/aromatic N) is 1. The third kappa shape index (κ3) is 1.44. The molecule has 0 aliphatic heterocycles. The van der Waals surface area contributed by atoms with Crippen LogP contribution in [0.2, 0.25) is 0 Å². The van der Waals surface area contributed by atoms with Crippen molar-refractivity contribution in [3.05, 3.63) is 30.1 Å². The van der Waals surface area contributed by atoms with Gasteiger partial charge in [-0.25, -0.2) is 0 Å². The Balaban J connectivity index is 2.40. The minimum Gasteiger partial charge on any atom is -0.350 e. The van der Waals surface area contributed by atoms with Crippen molar-refractivity contribution < 1.29 is 4.79 Å². The molecule has 0 bridgehead atoms. The summed E-state index contributed by atoms with van der Waals surface area (Å²) in [5, 5.41) is 0. The molecule has 0 saturated heterocycles. The zero-order chi connectivity index (χ0) is 9.26. The maximum Gasteiger partial charge on any atom is 0.164 e. The summed E-state index contributed by atoms with van der Waals surface area (Å²) >= 11 is 0. The molecule has 68 valence electrons. The molecule has 1 aliphatic rings. The zero-order valence-electron chi connectivity index (χ0n) is 7.79. The molecular formula is C11H13NO. The van der Waals surface area contributed by atoms with Gasteiger partial charge in [-0.05, 0) is 25.0 Å². The third-order valence-electron chi connectivity index (χ3n) is 2.48. The lowest BCUT2D eigenvalue weighted by Gasteiger charge is -2.12. The summed E-state index contributed by atoms with van der Waals surface area (Å²) < 4.78 is 2.00. The average molecular weight is 175 g/mol. The van der Waals surface area contributed by atoms with Crippen LogP contribution in [0.4, 0.5) is 0 Å². The normalized spacial score (nSPS) is 17.3. The van der Waals surface area contributed by atoms with Crippen LogP contribution in [0.3, 0.4) is 0 Å². The largest absolute Gasteiger partial charge is 0.350 e. The summed E-state index contributed by atoms with van der Waals surface area (Å²) in [6.45, 7) is 0. The standard InChI is InChI=1S/C11H13NO/c1-12-8-4-6-10(12)9-5-2-3-7-11(9)13/h4-6,8H,2-3,7H2,1H3. The molecule has 1 aromatic rings. The summed E-state index contributed by atoms with van der Waals surface area (Å²) in [7, 11) is 1.97. The average Bonchev–Trinajstić information content (AvgIpc) is 2.52. The van der Waals surface area contributed by atoms with Gasteiger partial charge in [0.15, 0.2) is 5.78 Å². The highest BCUT2D eigenvalue weighted by Gasteiger charge is 2.16. The van der Waals surface area contributed by atoms with Crippen molar-refractivity contribution in [3.63, 3.8) is 0 Å². The Hall–Kier alpha value is -1.31. The lowest BCUT2D eigenvalue weighted by Crippen LogP contribution is -2.08. The van der Waals surface area contributed by atoms with Crippen molar-refractivity contribution in [2.75, 3.05) is 0 Å². The Morgan fingerprint density at radius 3 is 2.92 bits per heavy atom. The minimum absolute atomic E-state index is 0.285. The maximum absolute atomic E-state index is 11.6. The molecule has 0 unspecified atom stereocenters. The van der Waals surface area contributed by atoms with Gasteiger partial charge in [0.1, 0.15) is 0 Å². The number of hydrogen-bond donors (Lipinski definition) is 0. The molecule has 0 fully saturated rings. The topological polar surface area (TPSA) is 22.0 Å². The monoisotopic (exact) mass is 175 g/mol. The van der Waals surface area contributed by atoms with E-state index in [4.69, 9.17) is 0 Å². The Bertz CT molecular complexity index is 360. The summed E-state index contributed by atoms with van der Waals surface area (Å²) in [6, 6.07) is 3.97. The highest BCUT2D eigenvalue weighted by Crippen LogP contribution is 2.23. The van der Waals surface area contributed by atoms with Crippen molar-refractivity contribution in [1.29, 1.82) is 0 Å². The number of Topliss-reactive ketones (excluding diaryl/α,β-unsaturated/α-hetero) is 1. The van der Waals surface area contributed by atoms with E-state index in [1.54, 1.807) is 0 Å². The Morgan fingerprint density at radius 2 is 2.31 bits per heavy atom. The van der Waals surface area contributed by atoms with E-state index in [0.717, 1.165) is 24.1 Å². The first kappa shape index (κ1) is 8.30. The van der Waals surface area contributed by atoms with E-state index < -0.39 is 0 Å². The molecule has 1 aromatic heterocycles. The second kappa shape index (κ2) is 3.21. The Kier molecular flexibility index (Phi) is 2.05. The summed E-state index contributed by atoms with van der Waals surface area (Å²) in [5.74, 6) is 0.285. The van der Waals surface area contributed by atoms with Gasteiger partial charge in [-0.3, -0.25) is 4.79 Å². The van der Waals surface area contributed by atoms with Crippen molar-refractivity contribution in [2.45, 2.75) is 19.3 Å². The van der Waals surface area contributed by atoms with E-state index >= 15 is 0 Å². The van der Waals surface area contributed by atoms with Gasteiger partial charge in [0, 0.05) is 25.2 Å². The van der Waals surface area contributed by atoms with Crippen LogP contribution in [0.25, 0.3) is 5.57 Å². The van der Waals surface area contributed by atoms with E-state index in [2.05, 4.69) is 6.08 Å². The molecule has 0 saturated carbocycles. The van der Waals surface area contributed by atoms with Crippen LogP contribution in [0.1, 0.15) is 25.0 Å². The molecular weight excluding hydrogens is 162 g/mol. The van der Waals surface area contributed by atoms with Gasteiger partial charge in [0.05, 0.1) is 5.69 Å². The number of ketones is 1. The van der Waals surface area contributed by atoms with Gasteiger partial charge in [-0.15, -0.1) is 0 Å².